The predicted molar refractivity (Wildman–Crippen MR) is 123 cm³/mol. The number of aromatic nitrogens is 3. The van der Waals surface area contributed by atoms with Gasteiger partial charge in [0.05, 0.1) is 11.3 Å². The molecule has 1 aliphatic rings. The second-order valence-electron chi connectivity index (χ2n) is 8.44. The molecule has 37 heavy (non-hydrogen) atoms. The smallest absolute Gasteiger partial charge is 0.366 e. The third kappa shape index (κ3) is 5.18. The Balaban J connectivity index is 1.81. The van der Waals surface area contributed by atoms with Crippen molar-refractivity contribution in [1.29, 1.82) is 0 Å². The van der Waals surface area contributed by atoms with Crippen LogP contribution in [0.1, 0.15) is 17.5 Å². The van der Waals surface area contributed by atoms with Gasteiger partial charge in [-0.3, -0.25) is 9.78 Å². The van der Waals surface area contributed by atoms with Crippen LogP contribution in [0.15, 0.2) is 78.3 Å². The lowest BCUT2D eigenvalue weighted by molar-refractivity contribution is -0.177. The van der Waals surface area contributed by atoms with E-state index in [-0.39, 0.29) is 17.7 Å². The van der Waals surface area contributed by atoms with Crippen molar-refractivity contribution in [3.8, 4) is 11.3 Å². The molecule has 0 fully saturated rings. The van der Waals surface area contributed by atoms with E-state index in [4.69, 9.17) is 5.73 Å². The maximum absolute atomic E-state index is 14.5. The highest BCUT2D eigenvalue weighted by Gasteiger charge is 2.58. The number of anilines is 2. The molecule has 3 N–H and O–H groups in total. The average Bonchev–Trinajstić information content (AvgIpc) is 2.84. The number of halogens is 6. The van der Waals surface area contributed by atoms with Gasteiger partial charge in [-0.15, -0.1) is 0 Å². The third-order valence-corrected chi connectivity index (χ3v) is 5.96. The molecule has 3 aromatic rings. The maximum atomic E-state index is 14.5. The highest BCUT2D eigenvalue weighted by Crippen LogP contribution is 2.51. The van der Waals surface area contributed by atoms with Gasteiger partial charge in [0.2, 0.25) is 11.9 Å². The van der Waals surface area contributed by atoms with Crippen LogP contribution in [0.3, 0.4) is 0 Å². The molecular weight excluding hydrogens is 500 g/mol. The average molecular weight is 519 g/mol. The van der Waals surface area contributed by atoms with Gasteiger partial charge < -0.3 is 11.1 Å². The van der Waals surface area contributed by atoms with Crippen LogP contribution < -0.4 is 11.1 Å². The Morgan fingerprint density at radius 2 is 1.84 bits per heavy atom. The summed E-state index contributed by atoms with van der Waals surface area (Å²) in [6.45, 7) is 1.60. The molecule has 1 amide bonds. The molecule has 2 heterocycles. The first-order chi connectivity index (χ1) is 17.3. The SMILES string of the molecule is Cc1ccc(C2(C(F)(F)F)C=C(C(F)(F)F)C=C(C(N)=O)C2)cc1Nc1nccc(-c2cccnc2)n1. The number of pyridine rings is 1. The summed E-state index contributed by atoms with van der Waals surface area (Å²) in [6.07, 6.45) is -6.35. The van der Waals surface area contributed by atoms with E-state index in [2.05, 4.69) is 20.3 Å². The lowest BCUT2D eigenvalue weighted by Gasteiger charge is -2.37. The van der Waals surface area contributed by atoms with E-state index >= 15 is 0 Å². The van der Waals surface area contributed by atoms with Gasteiger partial charge in [0.15, 0.2) is 0 Å². The number of alkyl halides is 6. The summed E-state index contributed by atoms with van der Waals surface area (Å²) in [4.78, 5) is 24.2. The standard InChI is InChI=1S/C25H19F6N5O/c1-14-4-5-17(10-20(14)36-22-34-8-6-19(35-22)15-3-2-7-33-13-15)23(25(29,30)31)11-16(21(32)37)9-18(12-23)24(26,27)28/h2-10,12-13H,11H2,1H3,(H2,32,37)(H,34,35,36). The zero-order valence-corrected chi connectivity index (χ0v) is 19.2. The van der Waals surface area contributed by atoms with Crippen molar-refractivity contribution in [1.82, 2.24) is 15.0 Å². The molecule has 0 spiro atoms. The largest absolute Gasteiger partial charge is 0.416 e. The number of allylic oxidation sites excluding steroid dienone is 3. The number of nitrogens with two attached hydrogens (primary N) is 1. The first kappa shape index (κ1) is 25.9. The van der Waals surface area contributed by atoms with E-state index in [1.807, 2.05) is 0 Å². The number of carbonyl (C=O) groups excluding carboxylic acids is 1. The Kier molecular flexibility index (Phi) is 6.53. The number of nitrogens with one attached hydrogen (secondary N) is 1. The number of carbonyl (C=O) groups is 1. The van der Waals surface area contributed by atoms with Gasteiger partial charge in [0.25, 0.3) is 0 Å². The molecule has 0 bridgehead atoms. The molecule has 2 aromatic heterocycles. The highest BCUT2D eigenvalue weighted by molar-refractivity contribution is 5.93. The van der Waals surface area contributed by atoms with Crippen LogP contribution in [0.2, 0.25) is 0 Å². The molecule has 0 radical (unpaired) electrons. The van der Waals surface area contributed by atoms with Crippen LogP contribution in [0, 0.1) is 6.92 Å². The van der Waals surface area contributed by atoms with Crippen LogP contribution in [0.25, 0.3) is 11.3 Å². The Bertz CT molecular complexity index is 1400. The Morgan fingerprint density at radius 1 is 1.08 bits per heavy atom. The fraction of sp³-hybridized carbons (Fsp3) is 0.200. The number of rotatable bonds is 5. The summed E-state index contributed by atoms with van der Waals surface area (Å²) in [6, 6.07) is 8.57. The van der Waals surface area contributed by atoms with Gasteiger partial charge in [-0.25, -0.2) is 9.97 Å². The predicted octanol–water partition coefficient (Wildman–Crippen LogP) is 5.69. The molecule has 1 aliphatic carbocycles. The molecule has 0 saturated heterocycles. The van der Waals surface area contributed by atoms with Gasteiger partial charge in [0, 0.05) is 35.4 Å². The van der Waals surface area contributed by atoms with Crippen LogP contribution in [0.5, 0.6) is 0 Å². The van der Waals surface area contributed by atoms with Crippen molar-refractivity contribution < 1.29 is 31.1 Å². The number of nitrogens with zero attached hydrogens (tertiary/aromatic N) is 3. The van der Waals surface area contributed by atoms with Crippen LogP contribution >= 0.6 is 0 Å². The number of aryl methyl sites for hydroxylation is 1. The van der Waals surface area contributed by atoms with Gasteiger partial charge in [-0.2, -0.15) is 26.3 Å². The molecule has 1 aromatic carbocycles. The second kappa shape index (κ2) is 9.34. The molecule has 0 aliphatic heterocycles. The zero-order valence-electron chi connectivity index (χ0n) is 19.2. The first-order valence-electron chi connectivity index (χ1n) is 10.8. The fourth-order valence-corrected chi connectivity index (χ4v) is 4.00. The fourth-order valence-electron chi connectivity index (χ4n) is 4.00. The van der Waals surface area contributed by atoms with E-state index < -0.39 is 46.8 Å². The van der Waals surface area contributed by atoms with Gasteiger partial charge in [-0.1, -0.05) is 18.2 Å². The van der Waals surface area contributed by atoms with E-state index in [0.717, 1.165) is 12.1 Å². The molecule has 6 nitrogen and oxygen atoms in total. The molecule has 0 saturated carbocycles. The van der Waals surface area contributed by atoms with Crippen molar-refractivity contribution in [2.24, 2.45) is 5.73 Å². The quantitative estimate of drug-likeness (QED) is 0.422. The lowest BCUT2D eigenvalue weighted by atomic mass is 9.70. The number of benzene rings is 1. The molecular formula is C25H19F6N5O. The minimum atomic E-state index is -5.19. The molecule has 1 atom stereocenters. The van der Waals surface area contributed by atoms with E-state index in [1.54, 1.807) is 37.5 Å². The van der Waals surface area contributed by atoms with Gasteiger partial charge in [0.1, 0.15) is 5.41 Å². The normalized spacial score (nSPS) is 18.1. The Hall–Kier alpha value is -4.22. The summed E-state index contributed by atoms with van der Waals surface area (Å²) < 4.78 is 84.3. The minimum Gasteiger partial charge on any atom is -0.366 e. The number of hydrogen-bond donors (Lipinski definition) is 2. The number of hydrogen-bond acceptors (Lipinski definition) is 5. The van der Waals surface area contributed by atoms with Crippen molar-refractivity contribution in [3.63, 3.8) is 0 Å². The van der Waals surface area contributed by atoms with E-state index in [9.17, 15) is 31.1 Å². The second-order valence-corrected chi connectivity index (χ2v) is 8.44. The van der Waals surface area contributed by atoms with Crippen molar-refractivity contribution in [2.45, 2.75) is 31.1 Å². The Labute approximate surface area is 207 Å². The maximum Gasteiger partial charge on any atom is 0.416 e. The summed E-state index contributed by atoms with van der Waals surface area (Å²) in [5.41, 5.74) is 0.873. The molecule has 192 valence electrons. The van der Waals surface area contributed by atoms with Crippen LogP contribution in [0.4, 0.5) is 38.0 Å². The van der Waals surface area contributed by atoms with E-state index in [0.29, 0.717) is 22.9 Å². The van der Waals surface area contributed by atoms with Gasteiger partial charge in [-0.05, 0) is 54.8 Å². The van der Waals surface area contributed by atoms with Crippen LogP contribution in [-0.2, 0) is 10.2 Å². The summed E-state index contributed by atoms with van der Waals surface area (Å²) in [5.74, 6) is -1.31. The van der Waals surface area contributed by atoms with Crippen molar-refractivity contribution >= 4 is 17.5 Å². The molecule has 12 heteroatoms. The Morgan fingerprint density at radius 3 is 2.46 bits per heavy atom. The summed E-state index contributed by atoms with van der Waals surface area (Å²) in [5, 5.41) is 2.85. The number of primary amides is 1. The molecule has 4 rings (SSSR count). The first-order valence-corrected chi connectivity index (χ1v) is 10.8. The third-order valence-electron chi connectivity index (χ3n) is 5.96. The highest BCUT2D eigenvalue weighted by atomic mass is 19.4. The van der Waals surface area contributed by atoms with Crippen molar-refractivity contribution in [2.75, 3.05) is 5.32 Å². The summed E-state index contributed by atoms with van der Waals surface area (Å²) >= 11 is 0. The minimum absolute atomic E-state index is 0.0514. The number of amides is 1. The monoisotopic (exact) mass is 519 g/mol. The van der Waals surface area contributed by atoms with Crippen LogP contribution in [-0.4, -0.2) is 33.2 Å². The topological polar surface area (TPSA) is 93.8 Å². The lowest BCUT2D eigenvalue weighted by Crippen LogP contribution is -2.44. The summed E-state index contributed by atoms with van der Waals surface area (Å²) in [7, 11) is 0. The van der Waals surface area contributed by atoms with Gasteiger partial charge >= 0.3 is 12.4 Å². The van der Waals surface area contributed by atoms with Crippen molar-refractivity contribution in [3.05, 3.63) is 89.4 Å². The zero-order chi connectivity index (χ0) is 27.0. The molecule has 1 unspecified atom stereocenters. The van der Waals surface area contributed by atoms with E-state index in [1.165, 1.54) is 12.3 Å².